The van der Waals surface area contributed by atoms with Crippen molar-refractivity contribution in [2.24, 2.45) is 5.73 Å². The molecule has 0 spiro atoms. The summed E-state index contributed by atoms with van der Waals surface area (Å²) in [5.74, 6) is 0. The Hall–Kier alpha value is -0.0551. The second-order valence-corrected chi connectivity index (χ2v) is 5.41. The van der Waals surface area contributed by atoms with E-state index in [0.29, 0.717) is 0 Å². The van der Waals surface area contributed by atoms with Crippen molar-refractivity contribution in [3.8, 4) is 0 Å². The van der Waals surface area contributed by atoms with E-state index in [4.69, 9.17) is 15.0 Å². The first-order valence-corrected chi connectivity index (χ1v) is 4.71. The van der Waals surface area contributed by atoms with Crippen LogP contribution in [0.2, 0.25) is 0 Å². The van der Waals surface area contributed by atoms with Crippen LogP contribution in [0, 0.1) is 0 Å². The molecule has 1 fully saturated rings. The zero-order valence-corrected chi connectivity index (χ0v) is 9.47. The van der Waals surface area contributed by atoms with Crippen LogP contribution in [0.1, 0.15) is 41.5 Å². The van der Waals surface area contributed by atoms with Gasteiger partial charge in [-0.2, -0.15) is 0 Å². The van der Waals surface area contributed by atoms with E-state index >= 15 is 0 Å². The van der Waals surface area contributed by atoms with Gasteiger partial charge in [0, 0.05) is 5.44 Å². The lowest BCUT2D eigenvalue weighted by atomic mass is 9.68. The smallest absolute Gasteiger partial charge is 0.402 e. The molecular weight excluding hydrogens is 165 g/mol. The Kier molecular flexibility index (Phi) is 2.30. The molecule has 0 aromatic rings. The number of nitrogens with two attached hydrogens (primary N) is 1. The highest BCUT2D eigenvalue weighted by Gasteiger charge is 2.55. The van der Waals surface area contributed by atoms with Gasteiger partial charge in [0.15, 0.2) is 0 Å². The maximum absolute atomic E-state index is 5.93. The van der Waals surface area contributed by atoms with Crippen LogP contribution < -0.4 is 5.73 Å². The molecule has 0 aliphatic carbocycles. The normalized spacial score (nSPS) is 26.5. The number of hydrogen-bond donors (Lipinski definition) is 1. The maximum atomic E-state index is 5.93. The molecule has 0 radical (unpaired) electrons. The van der Waals surface area contributed by atoms with Crippen LogP contribution in [0.15, 0.2) is 0 Å². The molecule has 0 bridgehead atoms. The van der Waals surface area contributed by atoms with E-state index in [0.717, 1.165) is 0 Å². The van der Waals surface area contributed by atoms with Crippen LogP contribution in [-0.2, 0) is 9.31 Å². The highest BCUT2D eigenvalue weighted by atomic mass is 16.7. The van der Waals surface area contributed by atoms with Crippen molar-refractivity contribution >= 4 is 7.12 Å². The van der Waals surface area contributed by atoms with E-state index < -0.39 is 5.44 Å². The fourth-order valence-corrected chi connectivity index (χ4v) is 1.15. The molecule has 0 amide bonds. The third kappa shape index (κ3) is 1.90. The third-order valence-electron chi connectivity index (χ3n) is 2.86. The Morgan fingerprint density at radius 3 is 1.46 bits per heavy atom. The standard InChI is InChI=1S/C9H20BNO2/c1-7(2)8(3,4)13-10(12-7)9(5,6)11/h11H2,1-6H3. The van der Waals surface area contributed by atoms with Gasteiger partial charge in [-0.25, -0.2) is 0 Å². The minimum absolute atomic E-state index is 0.283. The molecule has 1 saturated heterocycles. The minimum atomic E-state index is -0.453. The van der Waals surface area contributed by atoms with Gasteiger partial charge in [0.1, 0.15) is 0 Å². The monoisotopic (exact) mass is 185 g/mol. The summed E-state index contributed by atoms with van der Waals surface area (Å²) < 4.78 is 11.6. The van der Waals surface area contributed by atoms with Gasteiger partial charge >= 0.3 is 7.12 Å². The second-order valence-electron chi connectivity index (χ2n) is 5.41. The van der Waals surface area contributed by atoms with E-state index in [1.54, 1.807) is 0 Å². The van der Waals surface area contributed by atoms with Gasteiger partial charge in [0.25, 0.3) is 0 Å². The van der Waals surface area contributed by atoms with Gasteiger partial charge in [-0.3, -0.25) is 0 Å². The Balaban J connectivity index is 2.83. The van der Waals surface area contributed by atoms with Crippen LogP contribution in [0.4, 0.5) is 0 Å². The lowest BCUT2D eigenvalue weighted by Crippen LogP contribution is -2.50. The summed E-state index contributed by atoms with van der Waals surface area (Å²) >= 11 is 0. The Bertz CT molecular complexity index is 192. The zero-order chi connectivity index (χ0) is 10.5. The van der Waals surface area contributed by atoms with Crippen molar-refractivity contribution in [2.75, 3.05) is 0 Å². The van der Waals surface area contributed by atoms with Crippen LogP contribution in [0.3, 0.4) is 0 Å². The van der Waals surface area contributed by atoms with Crippen molar-refractivity contribution in [3.05, 3.63) is 0 Å². The Morgan fingerprint density at radius 1 is 1.00 bits per heavy atom. The van der Waals surface area contributed by atoms with Gasteiger partial charge < -0.3 is 15.0 Å². The summed E-state index contributed by atoms with van der Waals surface area (Å²) in [5.41, 5.74) is 4.91. The van der Waals surface area contributed by atoms with E-state index in [-0.39, 0.29) is 18.3 Å². The highest BCUT2D eigenvalue weighted by molar-refractivity contribution is 6.49. The summed E-state index contributed by atoms with van der Waals surface area (Å²) in [6, 6.07) is 0. The molecule has 1 aliphatic rings. The maximum Gasteiger partial charge on any atom is 0.478 e. The molecule has 0 atom stereocenters. The largest absolute Gasteiger partial charge is 0.478 e. The summed E-state index contributed by atoms with van der Waals surface area (Å²) in [5, 5.41) is 0. The van der Waals surface area contributed by atoms with Crippen LogP contribution in [0.5, 0.6) is 0 Å². The summed E-state index contributed by atoms with van der Waals surface area (Å²) in [6.07, 6.45) is 0. The van der Waals surface area contributed by atoms with Crippen LogP contribution in [-0.4, -0.2) is 23.8 Å². The molecular formula is C9H20BNO2. The van der Waals surface area contributed by atoms with E-state index in [1.807, 2.05) is 41.5 Å². The Morgan fingerprint density at radius 2 is 1.31 bits per heavy atom. The van der Waals surface area contributed by atoms with Crippen molar-refractivity contribution in [3.63, 3.8) is 0 Å². The molecule has 76 valence electrons. The average molecular weight is 185 g/mol. The fourth-order valence-electron chi connectivity index (χ4n) is 1.15. The van der Waals surface area contributed by atoms with Gasteiger partial charge in [-0.05, 0) is 41.5 Å². The summed E-state index contributed by atoms with van der Waals surface area (Å²) in [6.45, 7) is 11.9. The lowest BCUT2D eigenvalue weighted by molar-refractivity contribution is 0.00578. The number of hydrogen-bond acceptors (Lipinski definition) is 3. The predicted molar refractivity (Wildman–Crippen MR) is 54.3 cm³/mol. The van der Waals surface area contributed by atoms with E-state index in [2.05, 4.69) is 0 Å². The van der Waals surface area contributed by atoms with Gasteiger partial charge in [0.2, 0.25) is 0 Å². The van der Waals surface area contributed by atoms with Gasteiger partial charge in [-0.1, -0.05) is 0 Å². The third-order valence-corrected chi connectivity index (χ3v) is 2.86. The number of rotatable bonds is 1. The van der Waals surface area contributed by atoms with Gasteiger partial charge in [0.05, 0.1) is 11.2 Å². The van der Waals surface area contributed by atoms with Crippen molar-refractivity contribution in [1.82, 2.24) is 0 Å². The summed E-state index contributed by atoms with van der Waals surface area (Å²) in [4.78, 5) is 0. The van der Waals surface area contributed by atoms with Crippen LogP contribution >= 0.6 is 0 Å². The topological polar surface area (TPSA) is 44.5 Å². The molecule has 0 unspecified atom stereocenters. The predicted octanol–water partition coefficient (Wildman–Crippen LogP) is 1.36. The van der Waals surface area contributed by atoms with Crippen molar-refractivity contribution in [1.29, 1.82) is 0 Å². The van der Waals surface area contributed by atoms with Crippen molar-refractivity contribution < 1.29 is 9.31 Å². The van der Waals surface area contributed by atoms with Gasteiger partial charge in [-0.15, -0.1) is 0 Å². The molecule has 1 rings (SSSR count). The molecule has 13 heavy (non-hydrogen) atoms. The van der Waals surface area contributed by atoms with Crippen LogP contribution in [0.25, 0.3) is 0 Å². The van der Waals surface area contributed by atoms with E-state index in [1.165, 1.54) is 0 Å². The molecule has 1 heterocycles. The second kappa shape index (κ2) is 2.72. The lowest BCUT2D eigenvalue weighted by Gasteiger charge is -2.32. The molecule has 2 N–H and O–H groups in total. The summed E-state index contributed by atoms with van der Waals surface area (Å²) in [7, 11) is -0.322. The first-order valence-electron chi connectivity index (χ1n) is 4.71. The molecule has 1 aliphatic heterocycles. The first-order chi connectivity index (χ1) is 5.56. The molecule has 0 aromatic heterocycles. The zero-order valence-electron chi connectivity index (χ0n) is 9.47. The Labute approximate surface area is 81.1 Å². The van der Waals surface area contributed by atoms with E-state index in [9.17, 15) is 0 Å². The average Bonchev–Trinajstić information content (AvgIpc) is 2.00. The highest BCUT2D eigenvalue weighted by Crippen LogP contribution is 2.38. The fraction of sp³-hybridized carbons (Fsp3) is 1.00. The molecule has 0 saturated carbocycles. The SMILES string of the molecule is CC(C)(N)B1OC(C)(C)C(C)(C)O1. The quantitative estimate of drug-likeness (QED) is 0.627. The van der Waals surface area contributed by atoms with Crippen molar-refractivity contribution in [2.45, 2.75) is 58.2 Å². The minimum Gasteiger partial charge on any atom is -0.402 e. The molecule has 4 heteroatoms. The molecule has 3 nitrogen and oxygen atoms in total. The first kappa shape index (κ1) is 11.0. The molecule has 0 aromatic carbocycles.